The summed E-state index contributed by atoms with van der Waals surface area (Å²) in [6.07, 6.45) is -8.35. The van der Waals surface area contributed by atoms with E-state index in [1.807, 2.05) is 6.07 Å². The molecule has 5 N–H and O–H groups in total. The molecule has 1 aromatic rings. The molecule has 0 aromatic heterocycles. The standard InChI is InChI=1S/C19H26O10/c1-19(26,7-13(20)21)8-14(22)27-10-12-15(23)16(24)17(25)18(29-12)28-9-11-5-3-2-4-6-11/h2-6,12,15-18,23-26H,7-10H2,1H3,(H,20,21)/t12-,15-,16-,17-,18+,19+/m0/s1. The molecule has 10 nitrogen and oxygen atoms in total. The Morgan fingerprint density at radius 1 is 1.07 bits per heavy atom. The van der Waals surface area contributed by atoms with Crippen LogP contribution in [-0.2, 0) is 30.4 Å². The van der Waals surface area contributed by atoms with Crippen molar-refractivity contribution in [3.05, 3.63) is 35.9 Å². The van der Waals surface area contributed by atoms with E-state index < -0.39 is 67.7 Å². The third-order valence-corrected chi connectivity index (χ3v) is 4.39. The molecule has 0 spiro atoms. The molecule has 0 amide bonds. The number of carboxylic acid groups (broad SMARTS) is 1. The number of carbonyl (C=O) groups excluding carboxylic acids is 1. The van der Waals surface area contributed by atoms with Gasteiger partial charge in [0.1, 0.15) is 31.0 Å². The van der Waals surface area contributed by atoms with E-state index in [0.717, 1.165) is 5.56 Å². The molecule has 1 aromatic carbocycles. The predicted molar refractivity (Wildman–Crippen MR) is 96.4 cm³/mol. The summed E-state index contributed by atoms with van der Waals surface area (Å²) in [5.74, 6) is -2.18. The lowest BCUT2D eigenvalue weighted by molar-refractivity contribution is -0.304. The van der Waals surface area contributed by atoms with Gasteiger partial charge in [-0.3, -0.25) is 9.59 Å². The van der Waals surface area contributed by atoms with Crippen LogP contribution in [-0.4, -0.2) is 80.4 Å². The zero-order chi connectivity index (χ0) is 21.6. The maximum Gasteiger partial charge on any atom is 0.308 e. The van der Waals surface area contributed by atoms with Gasteiger partial charge in [-0.1, -0.05) is 30.3 Å². The Bertz CT molecular complexity index is 677. The van der Waals surface area contributed by atoms with E-state index >= 15 is 0 Å². The van der Waals surface area contributed by atoms with Crippen molar-refractivity contribution in [2.24, 2.45) is 0 Å². The van der Waals surface area contributed by atoms with Crippen molar-refractivity contribution < 1.29 is 49.3 Å². The molecule has 2 rings (SSSR count). The van der Waals surface area contributed by atoms with E-state index in [0.29, 0.717) is 0 Å². The van der Waals surface area contributed by atoms with Crippen molar-refractivity contribution in [1.29, 1.82) is 0 Å². The molecule has 162 valence electrons. The van der Waals surface area contributed by atoms with Crippen LogP contribution in [0.4, 0.5) is 0 Å². The fraction of sp³-hybridized carbons (Fsp3) is 0.579. The smallest absolute Gasteiger partial charge is 0.308 e. The number of aliphatic hydroxyl groups excluding tert-OH is 3. The van der Waals surface area contributed by atoms with Crippen molar-refractivity contribution in [3.63, 3.8) is 0 Å². The van der Waals surface area contributed by atoms with E-state index in [1.54, 1.807) is 24.3 Å². The SMILES string of the molecule is C[C@@](O)(CC(=O)O)CC(=O)OC[C@@H]1O[C@@H](OCc2ccccc2)[C@@H](O)[C@@H](O)[C@H]1O. The number of hydrogen-bond donors (Lipinski definition) is 5. The van der Waals surface area contributed by atoms with Gasteiger partial charge in [0.2, 0.25) is 0 Å². The van der Waals surface area contributed by atoms with Crippen LogP contribution in [0.3, 0.4) is 0 Å². The molecule has 0 bridgehead atoms. The molecule has 10 heteroatoms. The number of hydrogen-bond acceptors (Lipinski definition) is 9. The first-order valence-corrected chi connectivity index (χ1v) is 9.04. The third kappa shape index (κ3) is 7.03. The summed E-state index contributed by atoms with van der Waals surface area (Å²) in [6, 6.07) is 9.02. The molecule has 1 heterocycles. The van der Waals surface area contributed by atoms with Gasteiger partial charge < -0.3 is 39.7 Å². The number of carboxylic acids is 1. The second-order valence-corrected chi connectivity index (χ2v) is 7.24. The Morgan fingerprint density at radius 3 is 2.34 bits per heavy atom. The lowest BCUT2D eigenvalue weighted by Gasteiger charge is -2.40. The monoisotopic (exact) mass is 414 g/mol. The zero-order valence-electron chi connectivity index (χ0n) is 15.9. The van der Waals surface area contributed by atoms with Crippen LogP contribution < -0.4 is 0 Å². The summed E-state index contributed by atoms with van der Waals surface area (Å²) in [5, 5.41) is 48.8. The van der Waals surface area contributed by atoms with Gasteiger partial charge in [-0.05, 0) is 12.5 Å². The lowest BCUT2D eigenvalue weighted by atomic mass is 9.98. The Labute approximate surface area is 167 Å². The number of esters is 1. The highest BCUT2D eigenvalue weighted by Crippen LogP contribution is 2.24. The summed E-state index contributed by atoms with van der Waals surface area (Å²) >= 11 is 0. The average Bonchev–Trinajstić information content (AvgIpc) is 2.64. The van der Waals surface area contributed by atoms with E-state index in [9.17, 15) is 30.0 Å². The minimum Gasteiger partial charge on any atom is -0.481 e. The largest absolute Gasteiger partial charge is 0.481 e. The first-order chi connectivity index (χ1) is 13.6. The molecule has 1 aliphatic heterocycles. The van der Waals surface area contributed by atoms with Gasteiger partial charge in [-0.25, -0.2) is 0 Å². The number of rotatable bonds is 9. The van der Waals surface area contributed by atoms with Crippen LogP contribution in [0.25, 0.3) is 0 Å². The Morgan fingerprint density at radius 2 is 1.72 bits per heavy atom. The summed E-state index contributed by atoms with van der Waals surface area (Å²) in [5.41, 5.74) is -1.00. The van der Waals surface area contributed by atoms with Gasteiger partial charge in [0, 0.05) is 0 Å². The molecule has 29 heavy (non-hydrogen) atoms. The van der Waals surface area contributed by atoms with Gasteiger partial charge in [0.15, 0.2) is 6.29 Å². The van der Waals surface area contributed by atoms with Gasteiger partial charge in [0.25, 0.3) is 0 Å². The van der Waals surface area contributed by atoms with E-state index in [2.05, 4.69) is 0 Å². The van der Waals surface area contributed by atoms with Gasteiger partial charge in [-0.2, -0.15) is 0 Å². The first kappa shape index (κ1) is 23.2. The van der Waals surface area contributed by atoms with Crippen LogP contribution in [0.15, 0.2) is 30.3 Å². The van der Waals surface area contributed by atoms with Crippen LogP contribution in [0.5, 0.6) is 0 Å². The molecule has 0 radical (unpaired) electrons. The summed E-state index contributed by atoms with van der Waals surface area (Å²) < 4.78 is 15.8. The summed E-state index contributed by atoms with van der Waals surface area (Å²) in [7, 11) is 0. The average molecular weight is 414 g/mol. The molecule has 6 atom stereocenters. The predicted octanol–water partition coefficient (Wildman–Crippen LogP) is -0.830. The van der Waals surface area contributed by atoms with E-state index in [4.69, 9.17) is 19.3 Å². The highest BCUT2D eigenvalue weighted by atomic mass is 16.7. The van der Waals surface area contributed by atoms with Crippen molar-refractivity contribution in [2.45, 2.75) is 62.7 Å². The minimum absolute atomic E-state index is 0.0793. The number of ether oxygens (including phenoxy) is 3. The second-order valence-electron chi connectivity index (χ2n) is 7.24. The fourth-order valence-electron chi connectivity index (χ4n) is 2.87. The first-order valence-electron chi connectivity index (χ1n) is 9.04. The zero-order valence-corrected chi connectivity index (χ0v) is 15.9. The lowest BCUT2D eigenvalue weighted by Crippen LogP contribution is -2.59. The molecule has 1 aliphatic rings. The number of aliphatic hydroxyl groups is 4. The fourth-order valence-corrected chi connectivity index (χ4v) is 2.87. The molecule has 1 fully saturated rings. The van der Waals surface area contributed by atoms with Crippen LogP contribution in [0.2, 0.25) is 0 Å². The van der Waals surface area contributed by atoms with E-state index in [-0.39, 0.29) is 6.61 Å². The highest BCUT2D eigenvalue weighted by molar-refractivity contribution is 5.73. The van der Waals surface area contributed by atoms with Crippen LogP contribution in [0, 0.1) is 0 Å². The Kier molecular flexibility index (Phi) is 8.08. The number of aliphatic carboxylic acids is 1. The highest BCUT2D eigenvalue weighted by Gasteiger charge is 2.45. The molecule has 0 saturated carbocycles. The van der Waals surface area contributed by atoms with Crippen molar-refractivity contribution in [2.75, 3.05) is 6.61 Å². The van der Waals surface area contributed by atoms with Crippen molar-refractivity contribution in [1.82, 2.24) is 0 Å². The third-order valence-electron chi connectivity index (χ3n) is 4.39. The number of carbonyl (C=O) groups is 2. The summed E-state index contributed by atoms with van der Waals surface area (Å²) in [4.78, 5) is 22.6. The van der Waals surface area contributed by atoms with Crippen LogP contribution >= 0.6 is 0 Å². The molecular weight excluding hydrogens is 388 g/mol. The second kappa shape index (κ2) is 10.1. The molecular formula is C19H26O10. The Hall–Kier alpha value is -2.08. The summed E-state index contributed by atoms with van der Waals surface area (Å²) in [6.45, 7) is 0.774. The molecule has 0 aliphatic carbocycles. The van der Waals surface area contributed by atoms with Gasteiger partial charge in [-0.15, -0.1) is 0 Å². The maximum atomic E-state index is 11.9. The normalized spacial score (nSPS) is 29.1. The minimum atomic E-state index is -1.80. The van der Waals surface area contributed by atoms with Crippen molar-refractivity contribution in [3.8, 4) is 0 Å². The van der Waals surface area contributed by atoms with E-state index in [1.165, 1.54) is 6.92 Å². The molecule has 0 unspecified atom stereocenters. The topological polar surface area (TPSA) is 163 Å². The van der Waals surface area contributed by atoms with Gasteiger partial charge >= 0.3 is 11.9 Å². The Balaban J connectivity index is 1.90. The quantitative estimate of drug-likeness (QED) is 0.322. The van der Waals surface area contributed by atoms with Crippen molar-refractivity contribution >= 4 is 11.9 Å². The van der Waals surface area contributed by atoms with Crippen LogP contribution in [0.1, 0.15) is 25.3 Å². The number of benzene rings is 1. The molecule has 1 saturated heterocycles. The maximum absolute atomic E-state index is 11.9. The van der Waals surface area contributed by atoms with Gasteiger partial charge in [0.05, 0.1) is 25.0 Å².